The Morgan fingerprint density at radius 1 is 0.972 bits per heavy atom. The monoisotopic (exact) mass is 499 g/mol. The second-order valence-corrected chi connectivity index (χ2v) is 9.39. The smallest absolute Gasteiger partial charge is 0.239 e. The van der Waals surface area contributed by atoms with Crippen molar-refractivity contribution >= 4 is 40.3 Å². The van der Waals surface area contributed by atoms with Crippen LogP contribution in [0.3, 0.4) is 0 Å². The molecule has 1 atom stereocenters. The molecule has 1 unspecified atom stereocenters. The first kappa shape index (κ1) is 24.1. The molecule has 3 aromatic carbocycles. The zero-order chi connectivity index (χ0) is 23.8. The van der Waals surface area contributed by atoms with Crippen LogP contribution in [0.15, 0.2) is 85.1 Å². The van der Waals surface area contributed by atoms with Crippen molar-refractivity contribution in [3.8, 4) is 11.4 Å². The van der Waals surface area contributed by atoms with Gasteiger partial charge in [0.15, 0.2) is 0 Å². The van der Waals surface area contributed by atoms with E-state index in [9.17, 15) is 4.79 Å². The molecule has 1 saturated heterocycles. The van der Waals surface area contributed by atoms with Gasteiger partial charge in [0.1, 0.15) is 5.82 Å². The van der Waals surface area contributed by atoms with Gasteiger partial charge < -0.3 is 20.2 Å². The summed E-state index contributed by atoms with van der Waals surface area (Å²) in [4.78, 5) is 23.4. The molecule has 6 nitrogen and oxygen atoms in total. The third-order valence-corrected chi connectivity index (χ3v) is 7.20. The van der Waals surface area contributed by atoms with Crippen LogP contribution in [0, 0.1) is 0 Å². The number of likely N-dealkylation sites (tertiary alicyclic amines) is 1. The van der Waals surface area contributed by atoms with E-state index in [0.717, 1.165) is 51.7 Å². The summed E-state index contributed by atoms with van der Waals surface area (Å²) in [6.45, 7) is 1.40. The Labute approximate surface area is 216 Å². The summed E-state index contributed by atoms with van der Waals surface area (Å²) in [6, 6.07) is 26.5. The number of halogens is 1. The number of aromatic nitrogens is 3. The highest BCUT2D eigenvalue weighted by Gasteiger charge is 2.29. The van der Waals surface area contributed by atoms with E-state index in [0.29, 0.717) is 19.5 Å². The standard InChI is InChI=1S/C29H29N5O.ClH/c30-24(18-21-19-31-25-11-5-4-10-23(21)25)29(35)33-16-14-22(15-17-33)34-27-13-7-6-12-26(27)32-28(34)20-8-2-1-3-9-20;/h1-13,19,22,24,31H,14-18,30H2;1H. The van der Waals surface area contributed by atoms with Gasteiger partial charge in [-0.1, -0.05) is 60.7 Å². The number of nitrogens with one attached hydrogen (secondary N) is 1. The summed E-state index contributed by atoms with van der Waals surface area (Å²) in [5, 5.41) is 1.13. The van der Waals surface area contributed by atoms with Crippen molar-refractivity contribution in [2.45, 2.75) is 31.3 Å². The first-order valence-electron chi connectivity index (χ1n) is 12.3. The van der Waals surface area contributed by atoms with Crippen molar-refractivity contribution in [3.63, 3.8) is 0 Å². The van der Waals surface area contributed by atoms with Gasteiger partial charge in [0.25, 0.3) is 0 Å². The van der Waals surface area contributed by atoms with Crippen molar-refractivity contribution in [1.29, 1.82) is 0 Å². The van der Waals surface area contributed by atoms with E-state index in [-0.39, 0.29) is 24.4 Å². The Morgan fingerprint density at radius 3 is 2.47 bits per heavy atom. The fourth-order valence-corrected chi connectivity index (χ4v) is 5.41. The van der Waals surface area contributed by atoms with Crippen LogP contribution in [0.4, 0.5) is 0 Å². The molecule has 0 bridgehead atoms. The number of fused-ring (bicyclic) bond motifs is 2. The largest absolute Gasteiger partial charge is 0.361 e. The molecule has 1 aliphatic heterocycles. The van der Waals surface area contributed by atoms with Gasteiger partial charge in [-0.3, -0.25) is 4.79 Å². The molecule has 184 valence electrons. The average Bonchev–Trinajstić information content (AvgIpc) is 3.50. The maximum Gasteiger partial charge on any atom is 0.239 e. The van der Waals surface area contributed by atoms with Gasteiger partial charge in [0.05, 0.1) is 17.1 Å². The zero-order valence-corrected chi connectivity index (χ0v) is 20.8. The molecule has 1 fully saturated rings. The number of nitrogens with zero attached hydrogens (tertiary/aromatic N) is 3. The first-order valence-corrected chi connectivity index (χ1v) is 12.3. The minimum absolute atomic E-state index is 0. The maximum absolute atomic E-state index is 13.2. The minimum atomic E-state index is -0.542. The molecule has 1 aliphatic rings. The first-order chi connectivity index (χ1) is 17.2. The zero-order valence-electron chi connectivity index (χ0n) is 20.0. The lowest BCUT2D eigenvalue weighted by molar-refractivity contribution is -0.133. The Kier molecular flexibility index (Phi) is 6.81. The highest BCUT2D eigenvalue weighted by molar-refractivity contribution is 5.86. The number of para-hydroxylation sites is 3. The summed E-state index contributed by atoms with van der Waals surface area (Å²) in [5.74, 6) is 1.03. The molecular formula is C29H30ClN5O. The Morgan fingerprint density at radius 2 is 1.67 bits per heavy atom. The van der Waals surface area contributed by atoms with Crippen LogP contribution in [0.1, 0.15) is 24.4 Å². The Balaban J connectivity index is 0.00000267. The molecule has 0 saturated carbocycles. The number of nitrogens with two attached hydrogens (primary N) is 1. The Bertz CT molecular complexity index is 1480. The molecule has 36 heavy (non-hydrogen) atoms. The van der Waals surface area contributed by atoms with E-state index in [1.165, 1.54) is 0 Å². The van der Waals surface area contributed by atoms with Gasteiger partial charge in [0.2, 0.25) is 5.91 Å². The molecule has 7 heteroatoms. The van der Waals surface area contributed by atoms with Crippen LogP contribution in [0.2, 0.25) is 0 Å². The summed E-state index contributed by atoms with van der Waals surface area (Å²) in [7, 11) is 0. The molecule has 3 heterocycles. The number of H-pyrrole nitrogens is 1. The number of carbonyl (C=O) groups is 1. The quantitative estimate of drug-likeness (QED) is 0.342. The lowest BCUT2D eigenvalue weighted by atomic mass is 10.0. The lowest BCUT2D eigenvalue weighted by Gasteiger charge is -2.35. The number of hydrogen-bond acceptors (Lipinski definition) is 3. The van der Waals surface area contributed by atoms with E-state index in [1.807, 2.05) is 41.4 Å². The van der Waals surface area contributed by atoms with E-state index in [4.69, 9.17) is 10.7 Å². The van der Waals surface area contributed by atoms with Crippen molar-refractivity contribution < 1.29 is 4.79 Å². The third-order valence-electron chi connectivity index (χ3n) is 7.20. The van der Waals surface area contributed by atoms with Crippen molar-refractivity contribution in [2.24, 2.45) is 5.73 Å². The summed E-state index contributed by atoms with van der Waals surface area (Å²) < 4.78 is 2.37. The predicted molar refractivity (Wildman–Crippen MR) is 147 cm³/mol. The van der Waals surface area contributed by atoms with Crippen molar-refractivity contribution in [3.05, 3.63) is 90.6 Å². The summed E-state index contributed by atoms with van der Waals surface area (Å²) in [5.41, 5.74) is 11.8. The van der Waals surface area contributed by atoms with Crippen LogP contribution < -0.4 is 5.73 Å². The molecule has 0 aliphatic carbocycles. The Hall–Kier alpha value is -3.61. The summed E-state index contributed by atoms with van der Waals surface area (Å²) >= 11 is 0. The number of hydrogen-bond donors (Lipinski definition) is 2. The van der Waals surface area contributed by atoms with Crippen LogP contribution in [-0.2, 0) is 11.2 Å². The number of piperidine rings is 1. The van der Waals surface area contributed by atoms with Crippen LogP contribution in [0.25, 0.3) is 33.3 Å². The molecule has 6 rings (SSSR count). The average molecular weight is 500 g/mol. The van der Waals surface area contributed by atoms with E-state index in [1.54, 1.807) is 0 Å². The molecule has 0 radical (unpaired) electrons. The number of carbonyl (C=O) groups excluding carboxylic acids is 1. The maximum atomic E-state index is 13.2. The predicted octanol–water partition coefficient (Wildman–Crippen LogP) is 5.34. The number of imidazole rings is 1. The fraction of sp³-hybridized carbons (Fsp3) is 0.241. The van der Waals surface area contributed by atoms with Gasteiger partial charge in [0, 0.05) is 41.8 Å². The van der Waals surface area contributed by atoms with Gasteiger partial charge >= 0.3 is 0 Å². The highest BCUT2D eigenvalue weighted by atomic mass is 35.5. The topological polar surface area (TPSA) is 79.9 Å². The minimum Gasteiger partial charge on any atom is -0.361 e. The van der Waals surface area contributed by atoms with E-state index < -0.39 is 6.04 Å². The van der Waals surface area contributed by atoms with Crippen molar-refractivity contribution in [2.75, 3.05) is 13.1 Å². The highest BCUT2D eigenvalue weighted by Crippen LogP contribution is 2.33. The molecular weight excluding hydrogens is 470 g/mol. The lowest BCUT2D eigenvalue weighted by Crippen LogP contribution is -2.48. The SMILES string of the molecule is Cl.NC(Cc1c[nH]c2ccccc12)C(=O)N1CCC(n2c(-c3ccccc3)nc3ccccc32)CC1. The molecule has 3 N–H and O–H groups in total. The normalized spacial score (nSPS) is 15.2. The second kappa shape index (κ2) is 10.2. The number of rotatable bonds is 5. The molecule has 1 amide bonds. The van der Waals surface area contributed by atoms with Gasteiger partial charge in [-0.05, 0) is 43.0 Å². The summed E-state index contributed by atoms with van der Waals surface area (Å²) in [6.07, 6.45) is 4.27. The third kappa shape index (κ3) is 4.38. The number of benzene rings is 3. The van der Waals surface area contributed by atoms with Gasteiger partial charge in [-0.15, -0.1) is 12.4 Å². The van der Waals surface area contributed by atoms with E-state index >= 15 is 0 Å². The molecule has 0 spiro atoms. The van der Waals surface area contributed by atoms with Crippen LogP contribution in [-0.4, -0.2) is 44.5 Å². The van der Waals surface area contributed by atoms with Crippen LogP contribution in [0.5, 0.6) is 0 Å². The second-order valence-electron chi connectivity index (χ2n) is 9.39. The van der Waals surface area contributed by atoms with Crippen molar-refractivity contribution in [1.82, 2.24) is 19.4 Å². The molecule has 2 aromatic heterocycles. The number of amides is 1. The van der Waals surface area contributed by atoms with Gasteiger partial charge in [-0.2, -0.15) is 0 Å². The van der Waals surface area contributed by atoms with Gasteiger partial charge in [-0.25, -0.2) is 4.98 Å². The van der Waals surface area contributed by atoms with E-state index in [2.05, 4.69) is 58.1 Å². The fourth-order valence-electron chi connectivity index (χ4n) is 5.41. The molecule has 5 aromatic rings. The van der Waals surface area contributed by atoms with Crippen LogP contribution >= 0.6 is 12.4 Å². The number of aromatic amines is 1.